The largest absolute Gasteiger partial charge is 0.320 e. The maximum atomic E-state index is 11.7. The van der Waals surface area contributed by atoms with Crippen molar-refractivity contribution in [3.63, 3.8) is 0 Å². The van der Waals surface area contributed by atoms with Gasteiger partial charge < -0.3 is 11.1 Å². The summed E-state index contributed by atoms with van der Waals surface area (Å²) < 4.78 is 1.45. The molecule has 7 nitrogen and oxygen atoms in total. The van der Waals surface area contributed by atoms with Gasteiger partial charge in [-0.05, 0) is 13.8 Å². The number of hydrogen-bond donors (Lipinski definition) is 2. The molecule has 0 saturated heterocycles. The molecule has 2 rings (SSSR count). The van der Waals surface area contributed by atoms with Crippen LogP contribution in [0.4, 0.5) is 5.13 Å². The summed E-state index contributed by atoms with van der Waals surface area (Å²) in [6.07, 6.45) is 3.30. The standard InChI is InChI=1S/C10H14N6OS/c1-10(2,11)7-5-16(15-14-7)6-8(17)13-9-12-3-4-18-9/h3-5H,6,11H2,1-2H3,(H,12,13,17). The van der Waals surface area contributed by atoms with Crippen molar-refractivity contribution in [3.05, 3.63) is 23.5 Å². The first-order valence-corrected chi connectivity index (χ1v) is 6.22. The number of nitrogens with one attached hydrogen (secondary N) is 1. The molecule has 0 atom stereocenters. The number of carbonyl (C=O) groups excluding carboxylic acids is 1. The van der Waals surface area contributed by atoms with Crippen LogP contribution in [-0.2, 0) is 16.9 Å². The summed E-state index contributed by atoms with van der Waals surface area (Å²) >= 11 is 1.36. The van der Waals surface area contributed by atoms with Gasteiger partial charge in [-0.3, -0.25) is 4.79 Å². The van der Waals surface area contributed by atoms with E-state index in [0.717, 1.165) is 0 Å². The van der Waals surface area contributed by atoms with Crippen LogP contribution in [0, 0.1) is 0 Å². The van der Waals surface area contributed by atoms with Crippen molar-refractivity contribution in [2.24, 2.45) is 5.73 Å². The fourth-order valence-electron chi connectivity index (χ4n) is 1.26. The molecular weight excluding hydrogens is 252 g/mol. The molecule has 3 N–H and O–H groups in total. The van der Waals surface area contributed by atoms with Gasteiger partial charge in [0.05, 0.1) is 11.7 Å². The molecule has 1 amide bonds. The number of aromatic nitrogens is 4. The van der Waals surface area contributed by atoms with Crippen LogP contribution < -0.4 is 11.1 Å². The van der Waals surface area contributed by atoms with Crippen LogP contribution in [-0.4, -0.2) is 25.9 Å². The van der Waals surface area contributed by atoms with E-state index >= 15 is 0 Å². The van der Waals surface area contributed by atoms with Crippen molar-refractivity contribution in [3.8, 4) is 0 Å². The number of nitrogens with zero attached hydrogens (tertiary/aromatic N) is 4. The van der Waals surface area contributed by atoms with Gasteiger partial charge in [0.15, 0.2) is 5.13 Å². The molecule has 8 heteroatoms. The van der Waals surface area contributed by atoms with Gasteiger partial charge in [-0.2, -0.15) is 0 Å². The SMILES string of the molecule is CC(C)(N)c1cn(CC(=O)Nc2nccs2)nn1. The third-order valence-electron chi connectivity index (χ3n) is 2.18. The molecule has 0 saturated carbocycles. The molecule has 0 aromatic carbocycles. The Morgan fingerprint density at radius 2 is 2.39 bits per heavy atom. The maximum Gasteiger partial charge on any atom is 0.247 e. The molecule has 0 aliphatic carbocycles. The van der Waals surface area contributed by atoms with E-state index in [1.54, 1.807) is 17.8 Å². The Labute approximate surface area is 108 Å². The maximum absolute atomic E-state index is 11.7. The highest BCUT2D eigenvalue weighted by Gasteiger charge is 2.18. The summed E-state index contributed by atoms with van der Waals surface area (Å²) in [5, 5.41) is 12.8. The highest BCUT2D eigenvalue weighted by atomic mass is 32.1. The van der Waals surface area contributed by atoms with Crippen molar-refractivity contribution in [2.45, 2.75) is 25.9 Å². The summed E-state index contributed by atoms with van der Waals surface area (Å²) in [5.74, 6) is -0.198. The molecule has 0 aliphatic rings. The quantitative estimate of drug-likeness (QED) is 0.842. The molecule has 0 radical (unpaired) electrons. The van der Waals surface area contributed by atoms with Crippen molar-refractivity contribution in [1.82, 2.24) is 20.0 Å². The molecule has 0 spiro atoms. The van der Waals surface area contributed by atoms with Crippen LogP contribution in [0.5, 0.6) is 0 Å². The first-order chi connectivity index (χ1) is 8.45. The minimum Gasteiger partial charge on any atom is -0.320 e. The first kappa shape index (κ1) is 12.7. The summed E-state index contributed by atoms with van der Waals surface area (Å²) in [5.41, 5.74) is 5.96. The molecule has 0 bridgehead atoms. The molecule has 0 fully saturated rings. The van der Waals surface area contributed by atoms with Crippen LogP contribution in [0.3, 0.4) is 0 Å². The lowest BCUT2D eigenvalue weighted by Crippen LogP contribution is -2.29. The van der Waals surface area contributed by atoms with Gasteiger partial charge in [-0.1, -0.05) is 5.21 Å². The van der Waals surface area contributed by atoms with E-state index in [9.17, 15) is 4.79 Å². The predicted octanol–water partition coefficient (Wildman–Crippen LogP) is 0.567. The van der Waals surface area contributed by atoms with E-state index in [-0.39, 0.29) is 12.5 Å². The topological polar surface area (TPSA) is 98.7 Å². The van der Waals surface area contributed by atoms with Gasteiger partial charge in [0.1, 0.15) is 12.2 Å². The van der Waals surface area contributed by atoms with Crippen LogP contribution >= 0.6 is 11.3 Å². The minimum absolute atomic E-state index is 0.0860. The fourth-order valence-corrected chi connectivity index (χ4v) is 1.81. The zero-order valence-corrected chi connectivity index (χ0v) is 10.9. The van der Waals surface area contributed by atoms with Gasteiger partial charge in [0.2, 0.25) is 5.91 Å². The third-order valence-corrected chi connectivity index (χ3v) is 2.87. The third kappa shape index (κ3) is 3.11. The van der Waals surface area contributed by atoms with Crippen molar-refractivity contribution in [2.75, 3.05) is 5.32 Å². The van der Waals surface area contributed by atoms with E-state index in [1.165, 1.54) is 16.0 Å². The fraction of sp³-hybridized carbons (Fsp3) is 0.400. The second-order valence-corrected chi connectivity index (χ2v) is 5.30. The molecule has 2 heterocycles. The summed E-state index contributed by atoms with van der Waals surface area (Å²) in [6, 6.07) is 0. The number of nitrogens with two attached hydrogens (primary N) is 1. The Bertz CT molecular complexity index is 527. The number of rotatable bonds is 4. The zero-order valence-electron chi connectivity index (χ0n) is 10.1. The Morgan fingerprint density at radius 3 is 2.94 bits per heavy atom. The Morgan fingerprint density at radius 1 is 1.61 bits per heavy atom. The molecule has 2 aromatic heterocycles. The van der Waals surface area contributed by atoms with E-state index in [0.29, 0.717) is 10.8 Å². The van der Waals surface area contributed by atoms with E-state index in [4.69, 9.17) is 5.73 Å². The van der Waals surface area contributed by atoms with Gasteiger partial charge in [-0.25, -0.2) is 9.67 Å². The predicted molar refractivity (Wildman–Crippen MR) is 68.0 cm³/mol. The lowest BCUT2D eigenvalue weighted by Gasteiger charge is -2.13. The van der Waals surface area contributed by atoms with E-state index in [1.807, 2.05) is 13.8 Å². The second-order valence-electron chi connectivity index (χ2n) is 4.41. The monoisotopic (exact) mass is 266 g/mol. The summed E-state index contributed by atoms with van der Waals surface area (Å²) in [4.78, 5) is 15.6. The van der Waals surface area contributed by atoms with Gasteiger partial charge >= 0.3 is 0 Å². The minimum atomic E-state index is -0.565. The first-order valence-electron chi connectivity index (χ1n) is 5.34. The van der Waals surface area contributed by atoms with Crippen molar-refractivity contribution < 1.29 is 4.79 Å². The molecule has 96 valence electrons. The van der Waals surface area contributed by atoms with Crippen LogP contribution in [0.15, 0.2) is 17.8 Å². The molecule has 0 unspecified atom stereocenters. The number of amides is 1. The number of carbonyl (C=O) groups is 1. The molecule has 0 aliphatic heterocycles. The Balaban J connectivity index is 1.97. The molecule has 18 heavy (non-hydrogen) atoms. The van der Waals surface area contributed by atoms with Crippen LogP contribution in [0.1, 0.15) is 19.5 Å². The van der Waals surface area contributed by atoms with Gasteiger partial charge in [0, 0.05) is 11.6 Å². The van der Waals surface area contributed by atoms with Crippen molar-refractivity contribution in [1.29, 1.82) is 0 Å². The Kier molecular flexibility index (Phi) is 3.39. The normalized spacial score (nSPS) is 11.5. The van der Waals surface area contributed by atoms with Crippen LogP contribution in [0.25, 0.3) is 0 Å². The summed E-state index contributed by atoms with van der Waals surface area (Å²) in [6.45, 7) is 3.75. The lowest BCUT2D eigenvalue weighted by molar-refractivity contribution is -0.116. The van der Waals surface area contributed by atoms with Crippen LogP contribution in [0.2, 0.25) is 0 Å². The molecular formula is C10H14N6OS. The van der Waals surface area contributed by atoms with E-state index in [2.05, 4.69) is 20.6 Å². The highest BCUT2D eigenvalue weighted by molar-refractivity contribution is 7.13. The van der Waals surface area contributed by atoms with E-state index < -0.39 is 5.54 Å². The highest BCUT2D eigenvalue weighted by Crippen LogP contribution is 2.13. The van der Waals surface area contributed by atoms with Crippen molar-refractivity contribution >= 4 is 22.4 Å². The summed E-state index contributed by atoms with van der Waals surface area (Å²) in [7, 11) is 0. The number of anilines is 1. The number of hydrogen-bond acceptors (Lipinski definition) is 6. The Hall–Kier alpha value is -1.80. The van der Waals surface area contributed by atoms with Gasteiger partial charge in [0.25, 0.3) is 0 Å². The van der Waals surface area contributed by atoms with Gasteiger partial charge in [-0.15, -0.1) is 16.4 Å². The lowest BCUT2D eigenvalue weighted by atomic mass is 10.0. The average molecular weight is 266 g/mol. The number of thiazole rings is 1. The second kappa shape index (κ2) is 4.83. The average Bonchev–Trinajstić information content (AvgIpc) is 2.87. The zero-order chi connectivity index (χ0) is 13.2. The molecule has 2 aromatic rings. The smallest absolute Gasteiger partial charge is 0.247 e.